The van der Waals surface area contributed by atoms with Crippen molar-refractivity contribution in [1.82, 2.24) is 19.9 Å². The van der Waals surface area contributed by atoms with Crippen LogP contribution in [0.3, 0.4) is 0 Å². The first kappa shape index (κ1) is 16.9. The molecule has 2 aromatic rings. The summed E-state index contributed by atoms with van der Waals surface area (Å²) in [5.74, 6) is -1.81. The van der Waals surface area contributed by atoms with Gasteiger partial charge in [0.2, 0.25) is 0 Å². The zero-order chi connectivity index (χ0) is 17.1. The molecule has 2 heterocycles. The maximum atomic E-state index is 12.5. The Kier molecular flexibility index (Phi) is 4.98. The fourth-order valence-corrected chi connectivity index (χ4v) is 2.66. The molecular weight excluding hydrogens is 296 g/mol. The van der Waals surface area contributed by atoms with Crippen LogP contribution in [0.1, 0.15) is 47.2 Å². The molecule has 124 valence electrons. The van der Waals surface area contributed by atoms with E-state index in [1.54, 1.807) is 11.4 Å². The lowest BCUT2D eigenvalue weighted by Crippen LogP contribution is -2.33. The molecule has 2 rings (SSSR count). The van der Waals surface area contributed by atoms with E-state index in [4.69, 9.17) is 5.11 Å². The first-order valence-corrected chi connectivity index (χ1v) is 7.69. The van der Waals surface area contributed by atoms with Crippen LogP contribution >= 0.6 is 0 Å². The van der Waals surface area contributed by atoms with Crippen molar-refractivity contribution in [3.63, 3.8) is 0 Å². The molecule has 0 radical (unpaired) electrons. The van der Waals surface area contributed by atoms with Gasteiger partial charge in [-0.2, -0.15) is 5.10 Å². The molecule has 2 aromatic heterocycles. The lowest BCUT2D eigenvalue weighted by Gasteiger charge is -2.12. The van der Waals surface area contributed by atoms with Crippen LogP contribution in [0, 0.1) is 26.7 Å². The van der Waals surface area contributed by atoms with Crippen molar-refractivity contribution in [2.45, 2.75) is 40.5 Å². The van der Waals surface area contributed by atoms with E-state index in [0.717, 1.165) is 17.8 Å². The van der Waals surface area contributed by atoms with Gasteiger partial charge >= 0.3 is 5.97 Å². The number of hydrogen-bond acceptors (Lipinski definition) is 4. The zero-order valence-corrected chi connectivity index (χ0v) is 13.9. The molecular formula is C16H22N4O3. The van der Waals surface area contributed by atoms with Crippen molar-refractivity contribution < 1.29 is 14.7 Å². The first-order chi connectivity index (χ1) is 10.8. The van der Waals surface area contributed by atoms with E-state index < -0.39 is 11.9 Å². The number of aromatic nitrogens is 3. The van der Waals surface area contributed by atoms with Gasteiger partial charge in [-0.1, -0.05) is 13.3 Å². The molecule has 7 heteroatoms. The highest BCUT2D eigenvalue weighted by molar-refractivity contribution is 6.01. The molecule has 7 nitrogen and oxygen atoms in total. The molecule has 0 fully saturated rings. The number of carboxylic acids is 1. The Labute approximate surface area is 134 Å². The summed E-state index contributed by atoms with van der Waals surface area (Å²) in [4.78, 5) is 28.1. The molecule has 0 aromatic carbocycles. The average Bonchev–Trinajstić information content (AvgIpc) is 2.79. The van der Waals surface area contributed by atoms with Crippen molar-refractivity contribution in [3.8, 4) is 0 Å². The van der Waals surface area contributed by atoms with Gasteiger partial charge in [-0.05, 0) is 33.3 Å². The third-order valence-electron chi connectivity index (χ3n) is 3.79. The number of rotatable bonds is 6. The van der Waals surface area contributed by atoms with E-state index in [1.165, 1.54) is 0 Å². The van der Waals surface area contributed by atoms with E-state index in [0.29, 0.717) is 23.3 Å². The highest BCUT2D eigenvalue weighted by Crippen LogP contribution is 2.16. The van der Waals surface area contributed by atoms with Crippen molar-refractivity contribution in [3.05, 3.63) is 28.7 Å². The number of nitrogens with one attached hydrogen (secondary N) is 1. The van der Waals surface area contributed by atoms with Gasteiger partial charge in [-0.15, -0.1) is 0 Å². The van der Waals surface area contributed by atoms with Crippen LogP contribution in [-0.4, -0.2) is 38.1 Å². The highest BCUT2D eigenvalue weighted by atomic mass is 16.4. The van der Waals surface area contributed by atoms with Gasteiger partial charge in [0.05, 0.1) is 11.6 Å². The van der Waals surface area contributed by atoms with Crippen LogP contribution in [0.4, 0.5) is 0 Å². The van der Waals surface area contributed by atoms with Gasteiger partial charge in [0.15, 0.2) is 5.65 Å². The quantitative estimate of drug-likeness (QED) is 0.847. The van der Waals surface area contributed by atoms with E-state index in [9.17, 15) is 9.59 Å². The summed E-state index contributed by atoms with van der Waals surface area (Å²) in [6.07, 6.45) is 1.28. The summed E-state index contributed by atoms with van der Waals surface area (Å²) in [5, 5.41) is 16.2. The van der Waals surface area contributed by atoms with E-state index in [1.807, 2.05) is 26.8 Å². The lowest BCUT2D eigenvalue weighted by molar-refractivity contribution is -0.141. The number of aliphatic carboxylic acids is 1. The maximum absolute atomic E-state index is 12.5. The highest BCUT2D eigenvalue weighted by Gasteiger charge is 2.22. The third-order valence-corrected chi connectivity index (χ3v) is 3.79. The summed E-state index contributed by atoms with van der Waals surface area (Å²) in [5.41, 5.74) is 3.17. The predicted molar refractivity (Wildman–Crippen MR) is 85.6 cm³/mol. The molecule has 0 aliphatic rings. The lowest BCUT2D eigenvalue weighted by atomic mass is 10.0. The Morgan fingerprint density at radius 3 is 2.65 bits per heavy atom. The molecule has 1 unspecified atom stereocenters. The monoisotopic (exact) mass is 318 g/mol. The molecule has 0 aliphatic carbocycles. The van der Waals surface area contributed by atoms with Gasteiger partial charge in [0.1, 0.15) is 5.56 Å². The molecule has 1 amide bonds. The van der Waals surface area contributed by atoms with Crippen molar-refractivity contribution >= 4 is 17.5 Å². The SMILES string of the molecule is CCCC(CNC(=O)c1c(C)nn2c(C)cc(C)nc12)C(=O)O. The fraction of sp³-hybridized carbons (Fsp3) is 0.500. The van der Waals surface area contributed by atoms with Crippen molar-refractivity contribution in [2.75, 3.05) is 6.54 Å². The number of carbonyl (C=O) groups excluding carboxylic acids is 1. The summed E-state index contributed by atoms with van der Waals surface area (Å²) < 4.78 is 1.64. The molecule has 0 saturated carbocycles. The van der Waals surface area contributed by atoms with Crippen molar-refractivity contribution in [1.29, 1.82) is 0 Å². The van der Waals surface area contributed by atoms with E-state index in [2.05, 4.69) is 15.4 Å². The number of carboxylic acid groups (broad SMARTS) is 1. The smallest absolute Gasteiger partial charge is 0.308 e. The number of aryl methyl sites for hydroxylation is 3. The van der Waals surface area contributed by atoms with Crippen LogP contribution in [0.15, 0.2) is 6.07 Å². The van der Waals surface area contributed by atoms with Gasteiger partial charge in [0, 0.05) is 17.9 Å². The Morgan fingerprint density at radius 2 is 2.04 bits per heavy atom. The second-order valence-corrected chi connectivity index (χ2v) is 5.77. The summed E-state index contributed by atoms with van der Waals surface area (Å²) in [6.45, 7) is 7.53. The normalized spacial score (nSPS) is 12.3. The Hall–Kier alpha value is -2.44. The minimum absolute atomic E-state index is 0.101. The Bertz CT molecular complexity index is 751. The van der Waals surface area contributed by atoms with Crippen LogP contribution in [0.2, 0.25) is 0 Å². The van der Waals surface area contributed by atoms with Crippen LogP contribution in [0.5, 0.6) is 0 Å². The molecule has 0 bridgehead atoms. The summed E-state index contributed by atoms with van der Waals surface area (Å²) in [6, 6.07) is 1.89. The number of nitrogens with zero attached hydrogens (tertiary/aromatic N) is 3. The molecule has 0 aliphatic heterocycles. The van der Waals surface area contributed by atoms with Gasteiger partial charge in [-0.3, -0.25) is 9.59 Å². The molecule has 2 N–H and O–H groups in total. The number of hydrogen-bond donors (Lipinski definition) is 2. The van der Waals surface area contributed by atoms with Crippen LogP contribution < -0.4 is 5.32 Å². The Morgan fingerprint density at radius 1 is 1.35 bits per heavy atom. The Balaban J connectivity index is 2.27. The molecule has 0 saturated heterocycles. The molecule has 1 atom stereocenters. The number of fused-ring (bicyclic) bond motifs is 1. The third kappa shape index (κ3) is 3.49. The number of carbonyl (C=O) groups is 2. The fourth-order valence-electron chi connectivity index (χ4n) is 2.66. The molecule has 23 heavy (non-hydrogen) atoms. The minimum Gasteiger partial charge on any atom is -0.481 e. The van der Waals surface area contributed by atoms with Gasteiger partial charge in [0.25, 0.3) is 5.91 Å². The van der Waals surface area contributed by atoms with Crippen LogP contribution in [-0.2, 0) is 4.79 Å². The van der Waals surface area contributed by atoms with Crippen molar-refractivity contribution in [2.24, 2.45) is 5.92 Å². The van der Waals surface area contributed by atoms with Gasteiger partial charge < -0.3 is 10.4 Å². The van der Waals surface area contributed by atoms with Gasteiger partial charge in [-0.25, -0.2) is 9.50 Å². The number of amides is 1. The summed E-state index contributed by atoms with van der Waals surface area (Å²) >= 11 is 0. The van der Waals surface area contributed by atoms with E-state index in [-0.39, 0.29) is 12.5 Å². The van der Waals surface area contributed by atoms with E-state index >= 15 is 0 Å². The second kappa shape index (κ2) is 6.76. The molecule has 0 spiro atoms. The minimum atomic E-state index is -0.895. The zero-order valence-electron chi connectivity index (χ0n) is 13.9. The maximum Gasteiger partial charge on any atom is 0.308 e. The predicted octanol–water partition coefficient (Wildman–Crippen LogP) is 1.89. The largest absolute Gasteiger partial charge is 0.481 e. The summed E-state index contributed by atoms with van der Waals surface area (Å²) in [7, 11) is 0. The standard InChI is InChI=1S/C16H22N4O3/c1-5-6-12(16(22)23)8-17-15(21)13-11(4)19-20-10(3)7-9(2)18-14(13)20/h7,12H,5-6,8H2,1-4H3,(H,17,21)(H,22,23). The first-order valence-electron chi connectivity index (χ1n) is 7.69. The second-order valence-electron chi connectivity index (χ2n) is 5.77. The topological polar surface area (TPSA) is 96.6 Å². The van der Waals surface area contributed by atoms with Crippen LogP contribution in [0.25, 0.3) is 5.65 Å². The average molecular weight is 318 g/mol.